The van der Waals surface area contributed by atoms with Crippen LogP contribution in [0.5, 0.6) is 0 Å². The van der Waals surface area contributed by atoms with Gasteiger partial charge in [0.05, 0.1) is 5.38 Å². The molecule has 13 heavy (non-hydrogen) atoms. The van der Waals surface area contributed by atoms with Gasteiger partial charge in [-0.3, -0.25) is 4.79 Å². The second kappa shape index (κ2) is 4.98. The molecule has 0 aliphatic carbocycles. The van der Waals surface area contributed by atoms with Gasteiger partial charge in [-0.1, -0.05) is 0 Å². The van der Waals surface area contributed by atoms with E-state index >= 15 is 0 Å². The maximum atomic E-state index is 10.3. The minimum Gasteiger partial charge on any atom is -0.481 e. The third kappa shape index (κ3) is 3.67. The van der Waals surface area contributed by atoms with Crippen LogP contribution in [-0.2, 0) is 4.79 Å². The molecule has 1 aromatic heterocycles. The van der Waals surface area contributed by atoms with Crippen molar-refractivity contribution in [2.45, 2.75) is 18.2 Å². The van der Waals surface area contributed by atoms with E-state index in [-0.39, 0.29) is 11.8 Å². The van der Waals surface area contributed by atoms with Crippen molar-refractivity contribution in [3.8, 4) is 0 Å². The first-order valence-electron chi connectivity index (χ1n) is 3.69. The Morgan fingerprint density at radius 3 is 2.92 bits per heavy atom. The summed E-state index contributed by atoms with van der Waals surface area (Å²) >= 11 is 10.8. The molecule has 1 rings (SSSR count). The van der Waals surface area contributed by atoms with Gasteiger partial charge in [0, 0.05) is 21.2 Å². The normalized spacial score (nSPS) is 12.8. The van der Waals surface area contributed by atoms with Crippen LogP contribution in [0.3, 0.4) is 0 Å². The maximum Gasteiger partial charge on any atom is 0.303 e. The van der Waals surface area contributed by atoms with E-state index in [1.807, 2.05) is 11.4 Å². The lowest BCUT2D eigenvalue weighted by Gasteiger charge is -2.03. The number of halogens is 2. The highest BCUT2D eigenvalue weighted by molar-refractivity contribution is 9.10. The number of alkyl halides is 1. The number of carbonyl (C=O) groups is 1. The van der Waals surface area contributed by atoms with Crippen LogP contribution in [0.25, 0.3) is 0 Å². The van der Waals surface area contributed by atoms with Crippen molar-refractivity contribution >= 4 is 44.8 Å². The van der Waals surface area contributed by atoms with Gasteiger partial charge >= 0.3 is 5.97 Å². The van der Waals surface area contributed by atoms with E-state index < -0.39 is 5.97 Å². The monoisotopic (exact) mass is 282 g/mol. The summed E-state index contributed by atoms with van der Waals surface area (Å²) in [6.07, 6.45) is 0.591. The summed E-state index contributed by atoms with van der Waals surface area (Å²) in [5, 5.41) is 10.2. The molecule has 1 aromatic rings. The van der Waals surface area contributed by atoms with Gasteiger partial charge in [-0.05, 0) is 28.4 Å². The average molecular weight is 284 g/mol. The maximum absolute atomic E-state index is 10.3. The summed E-state index contributed by atoms with van der Waals surface area (Å²) in [6, 6.07) is 1.92. The van der Waals surface area contributed by atoms with Crippen LogP contribution in [0.1, 0.15) is 23.1 Å². The zero-order chi connectivity index (χ0) is 9.84. The quantitative estimate of drug-likeness (QED) is 0.856. The first kappa shape index (κ1) is 11.0. The Hall–Kier alpha value is -0.0600. The van der Waals surface area contributed by atoms with Crippen molar-refractivity contribution in [1.82, 2.24) is 0 Å². The number of carboxylic acid groups (broad SMARTS) is 1. The Morgan fingerprint density at radius 2 is 2.46 bits per heavy atom. The minimum absolute atomic E-state index is 0.115. The van der Waals surface area contributed by atoms with E-state index in [4.69, 9.17) is 16.7 Å². The van der Waals surface area contributed by atoms with E-state index in [1.54, 1.807) is 0 Å². The number of aliphatic carboxylic acids is 1. The molecule has 0 amide bonds. The molecule has 0 bridgehead atoms. The number of hydrogen-bond donors (Lipinski definition) is 1. The van der Waals surface area contributed by atoms with E-state index in [2.05, 4.69) is 15.9 Å². The minimum atomic E-state index is -0.804. The molecule has 0 spiro atoms. The smallest absolute Gasteiger partial charge is 0.303 e. The lowest BCUT2D eigenvalue weighted by atomic mass is 10.2. The zero-order valence-electron chi connectivity index (χ0n) is 6.67. The summed E-state index contributed by atoms with van der Waals surface area (Å²) in [5.74, 6) is -0.804. The molecule has 0 aliphatic rings. The standard InChI is InChI=1S/C8H8BrClO2S/c9-5-3-7(13-4-5)6(10)1-2-8(11)12/h3-4,6H,1-2H2,(H,11,12). The van der Waals surface area contributed by atoms with Crippen LogP contribution < -0.4 is 0 Å². The van der Waals surface area contributed by atoms with Crippen molar-refractivity contribution in [3.63, 3.8) is 0 Å². The summed E-state index contributed by atoms with van der Waals surface area (Å²) in [4.78, 5) is 11.3. The molecule has 1 heterocycles. The second-order valence-corrected chi connectivity index (χ2v) is 4.95. The fourth-order valence-electron chi connectivity index (χ4n) is 0.885. The summed E-state index contributed by atoms with van der Waals surface area (Å²) < 4.78 is 0.994. The fraction of sp³-hybridized carbons (Fsp3) is 0.375. The molecule has 0 radical (unpaired) electrons. The van der Waals surface area contributed by atoms with Gasteiger partial charge in [0.25, 0.3) is 0 Å². The van der Waals surface area contributed by atoms with Gasteiger partial charge in [0.1, 0.15) is 0 Å². The molecule has 1 N–H and O–H groups in total. The lowest BCUT2D eigenvalue weighted by molar-refractivity contribution is -0.137. The molecule has 72 valence electrons. The molecule has 1 unspecified atom stereocenters. The number of thiophene rings is 1. The highest BCUT2D eigenvalue weighted by Crippen LogP contribution is 2.32. The predicted octanol–water partition coefficient (Wildman–Crippen LogP) is 3.66. The van der Waals surface area contributed by atoms with Crippen LogP contribution in [0, 0.1) is 0 Å². The van der Waals surface area contributed by atoms with Crippen LogP contribution in [0.15, 0.2) is 15.9 Å². The summed E-state index contributed by atoms with van der Waals surface area (Å²) in [7, 11) is 0. The van der Waals surface area contributed by atoms with Crippen molar-refractivity contribution in [2.24, 2.45) is 0 Å². The van der Waals surface area contributed by atoms with Crippen molar-refractivity contribution in [2.75, 3.05) is 0 Å². The molecular formula is C8H8BrClO2S. The van der Waals surface area contributed by atoms with E-state index in [9.17, 15) is 4.79 Å². The third-order valence-electron chi connectivity index (χ3n) is 1.51. The number of carboxylic acids is 1. The average Bonchev–Trinajstić information content (AvgIpc) is 2.47. The van der Waals surface area contributed by atoms with Gasteiger partial charge in [0.15, 0.2) is 0 Å². The van der Waals surface area contributed by atoms with Crippen LogP contribution in [-0.4, -0.2) is 11.1 Å². The SMILES string of the molecule is O=C(O)CCC(Cl)c1cc(Br)cs1. The van der Waals surface area contributed by atoms with E-state index in [1.165, 1.54) is 11.3 Å². The van der Waals surface area contributed by atoms with Gasteiger partial charge in [0.2, 0.25) is 0 Å². The molecule has 0 saturated carbocycles. The van der Waals surface area contributed by atoms with Gasteiger partial charge in [-0.2, -0.15) is 0 Å². The number of rotatable bonds is 4. The van der Waals surface area contributed by atoms with Crippen molar-refractivity contribution in [1.29, 1.82) is 0 Å². The van der Waals surface area contributed by atoms with Gasteiger partial charge < -0.3 is 5.11 Å². The topological polar surface area (TPSA) is 37.3 Å². The first-order valence-corrected chi connectivity index (χ1v) is 5.80. The molecular weight excluding hydrogens is 276 g/mol. The molecule has 1 atom stereocenters. The van der Waals surface area contributed by atoms with E-state index in [0.717, 1.165) is 9.35 Å². The molecule has 0 aromatic carbocycles. The highest BCUT2D eigenvalue weighted by Gasteiger charge is 2.11. The lowest BCUT2D eigenvalue weighted by Crippen LogP contribution is -1.96. The highest BCUT2D eigenvalue weighted by atomic mass is 79.9. The van der Waals surface area contributed by atoms with Gasteiger partial charge in [-0.15, -0.1) is 22.9 Å². The van der Waals surface area contributed by atoms with Crippen molar-refractivity contribution in [3.05, 3.63) is 20.8 Å². The molecule has 2 nitrogen and oxygen atoms in total. The van der Waals surface area contributed by atoms with Gasteiger partial charge in [-0.25, -0.2) is 0 Å². The van der Waals surface area contributed by atoms with Crippen LogP contribution in [0.2, 0.25) is 0 Å². The van der Waals surface area contributed by atoms with Crippen LogP contribution >= 0.6 is 38.9 Å². The first-order chi connectivity index (χ1) is 6.09. The molecule has 5 heteroatoms. The second-order valence-electron chi connectivity index (χ2n) is 2.57. The predicted molar refractivity (Wildman–Crippen MR) is 57.5 cm³/mol. The Kier molecular flexibility index (Phi) is 4.22. The zero-order valence-corrected chi connectivity index (χ0v) is 9.82. The number of hydrogen-bond acceptors (Lipinski definition) is 2. The Bertz CT molecular complexity index is 300. The fourth-order valence-corrected chi connectivity index (χ4v) is 2.67. The molecule has 0 saturated heterocycles. The third-order valence-corrected chi connectivity index (χ3v) is 3.90. The van der Waals surface area contributed by atoms with E-state index in [0.29, 0.717) is 6.42 Å². The Labute approximate surface area is 93.7 Å². The summed E-state index contributed by atoms with van der Waals surface area (Å²) in [5.41, 5.74) is 0. The summed E-state index contributed by atoms with van der Waals surface area (Å²) in [6.45, 7) is 0. The Morgan fingerprint density at radius 1 is 1.77 bits per heavy atom. The van der Waals surface area contributed by atoms with Crippen LogP contribution in [0.4, 0.5) is 0 Å². The Balaban J connectivity index is 2.48. The molecule has 0 fully saturated rings. The van der Waals surface area contributed by atoms with Crippen molar-refractivity contribution < 1.29 is 9.90 Å². The molecule has 0 aliphatic heterocycles. The largest absolute Gasteiger partial charge is 0.481 e.